The second-order valence-electron chi connectivity index (χ2n) is 5.11. The van der Waals surface area contributed by atoms with Crippen LogP contribution < -0.4 is 10.6 Å². The van der Waals surface area contributed by atoms with Crippen molar-refractivity contribution in [1.29, 1.82) is 0 Å². The van der Waals surface area contributed by atoms with E-state index in [0.29, 0.717) is 0 Å². The maximum absolute atomic E-state index is 5.63. The summed E-state index contributed by atoms with van der Waals surface area (Å²) in [5, 5.41) is 6.62. The summed E-state index contributed by atoms with van der Waals surface area (Å²) in [6, 6.07) is 4.31. The van der Waals surface area contributed by atoms with Crippen molar-refractivity contribution in [2.75, 3.05) is 33.2 Å². The molecule has 2 heterocycles. The minimum Gasteiger partial charge on any atom is -0.468 e. The summed E-state index contributed by atoms with van der Waals surface area (Å²) in [6.45, 7) is 6.04. The largest absolute Gasteiger partial charge is 0.468 e. The molecule has 1 atom stereocenters. The number of halogens is 1. The third-order valence-corrected chi connectivity index (χ3v) is 3.73. The fourth-order valence-electron chi connectivity index (χ4n) is 2.70. The van der Waals surface area contributed by atoms with E-state index in [2.05, 4.69) is 33.5 Å². The van der Waals surface area contributed by atoms with Crippen LogP contribution in [0.25, 0.3) is 0 Å². The second kappa shape index (κ2) is 10.0. The molecule has 21 heavy (non-hydrogen) atoms. The summed E-state index contributed by atoms with van der Waals surface area (Å²) in [7, 11) is 1.80. The zero-order valence-corrected chi connectivity index (χ0v) is 15.3. The summed E-state index contributed by atoms with van der Waals surface area (Å²) >= 11 is 0. The van der Waals surface area contributed by atoms with Crippen LogP contribution in [0.5, 0.6) is 0 Å². The highest BCUT2D eigenvalue weighted by Gasteiger charge is 2.24. The third kappa shape index (κ3) is 5.50. The number of nitrogens with one attached hydrogen (secondary N) is 2. The Morgan fingerprint density at radius 2 is 2.10 bits per heavy atom. The molecule has 0 radical (unpaired) electrons. The van der Waals surface area contributed by atoms with Crippen molar-refractivity contribution in [3.8, 4) is 0 Å². The molecule has 1 aromatic heterocycles. The molecular formula is C15H27IN4O. The highest BCUT2D eigenvalue weighted by molar-refractivity contribution is 14.0. The average molecular weight is 406 g/mol. The van der Waals surface area contributed by atoms with Crippen LogP contribution in [0.3, 0.4) is 0 Å². The normalized spacial score (nSPS) is 17.9. The van der Waals surface area contributed by atoms with Gasteiger partial charge in [-0.05, 0) is 45.0 Å². The lowest BCUT2D eigenvalue weighted by Gasteiger charge is -2.33. The zero-order valence-electron chi connectivity index (χ0n) is 13.0. The molecule has 0 aromatic carbocycles. The van der Waals surface area contributed by atoms with E-state index in [0.717, 1.165) is 37.9 Å². The molecule has 120 valence electrons. The van der Waals surface area contributed by atoms with Crippen LogP contribution >= 0.6 is 24.0 Å². The Labute approximate surface area is 144 Å². The van der Waals surface area contributed by atoms with Gasteiger partial charge in [0, 0.05) is 20.1 Å². The fourth-order valence-corrected chi connectivity index (χ4v) is 2.70. The molecule has 1 unspecified atom stereocenters. The van der Waals surface area contributed by atoms with Gasteiger partial charge in [-0.2, -0.15) is 0 Å². The fraction of sp³-hybridized carbons (Fsp3) is 0.667. The van der Waals surface area contributed by atoms with Crippen LogP contribution in [0.4, 0.5) is 0 Å². The molecule has 1 fully saturated rings. The first kappa shape index (κ1) is 18.3. The lowest BCUT2D eigenvalue weighted by atomic mass is 10.1. The van der Waals surface area contributed by atoms with Gasteiger partial charge in [0.1, 0.15) is 5.76 Å². The first-order valence-corrected chi connectivity index (χ1v) is 7.57. The predicted molar refractivity (Wildman–Crippen MR) is 97.3 cm³/mol. The Kier molecular flexibility index (Phi) is 8.75. The van der Waals surface area contributed by atoms with Crippen molar-refractivity contribution in [3.63, 3.8) is 0 Å². The summed E-state index contributed by atoms with van der Waals surface area (Å²) in [6.07, 6.45) is 5.65. The molecule has 0 spiro atoms. The Bertz CT molecular complexity index is 402. The van der Waals surface area contributed by atoms with E-state index in [1.165, 1.54) is 19.3 Å². The van der Waals surface area contributed by atoms with Crippen LogP contribution in [0.2, 0.25) is 0 Å². The van der Waals surface area contributed by atoms with Crippen LogP contribution in [0.15, 0.2) is 27.8 Å². The van der Waals surface area contributed by atoms with Gasteiger partial charge in [-0.15, -0.1) is 24.0 Å². The van der Waals surface area contributed by atoms with Crippen molar-refractivity contribution < 1.29 is 4.42 Å². The monoisotopic (exact) mass is 406 g/mol. The lowest BCUT2D eigenvalue weighted by molar-refractivity contribution is 0.146. The molecule has 1 aliphatic rings. The number of guanidine groups is 1. The highest BCUT2D eigenvalue weighted by atomic mass is 127. The van der Waals surface area contributed by atoms with Crippen molar-refractivity contribution in [2.24, 2.45) is 4.99 Å². The molecule has 0 saturated carbocycles. The van der Waals surface area contributed by atoms with Crippen molar-refractivity contribution in [3.05, 3.63) is 24.2 Å². The SMILES string of the molecule is CCNC(=NC)NCC(c1ccco1)N1CCCCC1.I. The van der Waals surface area contributed by atoms with E-state index in [-0.39, 0.29) is 30.0 Å². The van der Waals surface area contributed by atoms with Crippen LogP contribution in [0.1, 0.15) is 38.0 Å². The predicted octanol–water partition coefficient (Wildman–Crippen LogP) is 2.61. The van der Waals surface area contributed by atoms with Gasteiger partial charge >= 0.3 is 0 Å². The molecule has 1 aromatic rings. The van der Waals surface area contributed by atoms with Gasteiger partial charge in [0.25, 0.3) is 0 Å². The standard InChI is InChI=1S/C15H26N4O.HI/c1-3-17-15(16-2)18-12-13(14-8-7-11-20-14)19-9-5-4-6-10-19;/h7-8,11,13H,3-6,9-10,12H2,1-2H3,(H2,16,17,18);1H. The first-order chi connectivity index (χ1) is 9.85. The maximum atomic E-state index is 5.63. The molecule has 0 aliphatic carbocycles. The number of hydrogen-bond acceptors (Lipinski definition) is 3. The van der Waals surface area contributed by atoms with E-state index in [1.807, 2.05) is 6.07 Å². The number of aliphatic imine (C=N–C) groups is 1. The molecule has 1 aliphatic heterocycles. The molecular weight excluding hydrogens is 379 g/mol. The van der Waals surface area contributed by atoms with Gasteiger partial charge in [0.15, 0.2) is 5.96 Å². The second-order valence-corrected chi connectivity index (χ2v) is 5.11. The lowest BCUT2D eigenvalue weighted by Crippen LogP contribution is -2.44. The third-order valence-electron chi connectivity index (χ3n) is 3.73. The molecule has 1 saturated heterocycles. The molecule has 2 N–H and O–H groups in total. The molecule has 2 rings (SSSR count). The van der Waals surface area contributed by atoms with Gasteiger partial charge in [0.2, 0.25) is 0 Å². The van der Waals surface area contributed by atoms with Gasteiger partial charge in [-0.1, -0.05) is 6.42 Å². The number of hydrogen-bond donors (Lipinski definition) is 2. The Morgan fingerprint density at radius 3 is 2.67 bits per heavy atom. The van der Waals surface area contributed by atoms with Crippen molar-refractivity contribution in [1.82, 2.24) is 15.5 Å². The first-order valence-electron chi connectivity index (χ1n) is 7.57. The summed E-state index contributed by atoms with van der Waals surface area (Å²) < 4.78 is 5.63. The Morgan fingerprint density at radius 1 is 1.33 bits per heavy atom. The van der Waals surface area contributed by atoms with Gasteiger partial charge < -0.3 is 15.1 Å². The Hall–Kier alpha value is -0.760. The van der Waals surface area contributed by atoms with E-state index >= 15 is 0 Å². The minimum atomic E-state index is 0. The van der Waals surface area contributed by atoms with Crippen molar-refractivity contribution >= 4 is 29.9 Å². The van der Waals surface area contributed by atoms with E-state index in [9.17, 15) is 0 Å². The van der Waals surface area contributed by atoms with E-state index in [4.69, 9.17) is 4.42 Å². The molecule has 6 heteroatoms. The Balaban J connectivity index is 0.00000220. The topological polar surface area (TPSA) is 52.8 Å². The zero-order chi connectivity index (χ0) is 14.2. The van der Waals surface area contributed by atoms with Gasteiger partial charge in [0.05, 0.1) is 12.3 Å². The highest BCUT2D eigenvalue weighted by Crippen LogP contribution is 2.24. The smallest absolute Gasteiger partial charge is 0.191 e. The van der Waals surface area contributed by atoms with E-state index < -0.39 is 0 Å². The molecule has 0 amide bonds. The van der Waals surface area contributed by atoms with Gasteiger partial charge in [-0.25, -0.2) is 0 Å². The number of rotatable bonds is 5. The molecule has 0 bridgehead atoms. The van der Waals surface area contributed by atoms with Gasteiger partial charge in [-0.3, -0.25) is 9.89 Å². The van der Waals surface area contributed by atoms with Crippen LogP contribution in [-0.2, 0) is 0 Å². The maximum Gasteiger partial charge on any atom is 0.191 e. The van der Waals surface area contributed by atoms with Crippen LogP contribution in [0, 0.1) is 0 Å². The average Bonchev–Trinajstić information content (AvgIpc) is 3.01. The number of furan rings is 1. The number of piperidine rings is 1. The quantitative estimate of drug-likeness (QED) is 0.449. The number of nitrogens with zero attached hydrogens (tertiary/aromatic N) is 2. The summed E-state index contributed by atoms with van der Waals surface area (Å²) in [5.74, 6) is 1.88. The number of likely N-dealkylation sites (tertiary alicyclic amines) is 1. The summed E-state index contributed by atoms with van der Waals surface area (Å²) in [5.41, 5.74) is 0. The summed E-state index contributed by atoms with van der Waals surface area (Å²) in [4.78, 5) is 6.73. The van der Waals surface area contributed by atoms with Crippen molar-refractivity contribution in [2.45, 2.75) is 32.2 Å². The molecule has 5 nitrogen and oxygen atoms in total. The minimum absolute atomic E-state index is 0. The van der Waals surface area contributed by atoms with Crippen LogP contribution in [-0.4, -0.2) is 44.1 Å². The van der Waals surface area contributed by atoms with E-state index in [1.54, 1.807) is 13.3 Å².